The molecule has 0 radical (unpaired) electrons. The molecule has 2 heterocycles. The minimum atomic E-state index is -1.48. The van der Waals surface area contributed by atoms with Gasteiger partial charge in [-0.2, -0.15) is 0 Å². The number of carbonyl (C=O) groups excluding carboxylic acids is 1. The van der Waals surface area contributed by atoms with Gasteiger partial charge in [0.15, 0.2) is 6.23 Å². The summed E-state index contributed by atoms with van der Waals surface area (Å²) >= 11 is 0. The van der Waals surface area contributed by atoms with E-state index in [1.807, 2.05) is 4.98 Å². The molecular weight excluding hydrogens is 324 g/mol. The van der Waals surface area contributed by atoms with Crippen molar-refractivity contribution >= 4 is 12.0 Å². The minimum Gasteiger partial charge on any atom is -0.463 e. The largest absolute Gasteiger partial charge is 0.463 e. The number of hydrogen-bond acceptors (Lipinski definition) is 8. The molecule has 0 aliphatic carbocycles. The van der Waals surface area contributed by atoms with Gasteiger partial charge in [0, 0.05) is 12.3 Å². The van der Waals surface area contributed by atoms with E-state index in [0.29, 0.717) is 0 Å². The van der Waals surface area contributed by atoms with E-state index in [4.69, 9.17) is 9.84 Å². The fourth-order valence-corrected chi connectivity index (χ4v) is 2.27. The summed E-state index contributed by atoms with van der Waals surface area (Å²) in [5.41, 5.74) is -1.67. The van der Waals surface area contributed by atoms with Gasteiger partial charge in [-0.1, -0.05) is 0 Å². The Balaban J connectivity index is 2.35. The van der Waals surface area contributed by atoms with Crippen molar-refractivity contribution in [2.24, 2.45) is 0 Å². The Morgan fingerprint density at radius 3 is 2.71 bits per heavy atom. The predicted molar refractivity (Wildman–Crippen MR) is 80.0 cm³/mol. The molecule has 24 heavy (non-hydrogen) atoms. The lowest BCUT2D eigenvalue weighted by molar-refractivity contribution is -0.137. The van der Waals surface area contributed by atoms with E-state index in [2.05, 4.69) is 4.74 Å². The number of carbonyl (C=O) groups is 1. The molecule has 1 aromatic rings. The first kappa shape index (κ1) is 18.1. The third-order valence-electron chi connectivity index (χ3n) is 3.47. The third-order valence-corrected chi connectivity index (χ3v) is 3.47. The molecule has 0 aromatic carbocycles. The van der Waals surface area contributed by atoms with Crippen molar-refractivity contribution in [1.82, 2.24) is 9.55 Å². The van der Waals surface area contributed by atoms with Crippen LogP contribution < -0.4 is 11.2 Å². The Morgan fingerprint density at radius 1 is 1.42 bits per heavy atom. The number of aliphatic hydroxyl groups is 3. The van der Waals surface area contributed by atoms with Gasteiger partial charge in [0.2, 0.25) is 0 Å². The van der Waals surface area contributed by atoms with Crippen LogP contribution in [0.5, 0.6) is 0 Å². The molecule has 4 atom stereocenters. The summed E-state index contributed by atoms with van der Waals surface area (Å²) in [5, 5.41) is 28.8. The number of hydrogen-bond donors (Lipinski definition) is 4. The van der Waals surface area contributed by atoms with E-state index in [0.717, 1.165) is 22.9 Å². The lowest BCUT2D eigenvalue weighted by atomic mass is 10.1. The minimum absolute atomic E-state index is 0.0552. The van der Waals surface area contributed by atoms with E-state index in [1.165, 1.54) is 0 Å². The Bertz CT molecular complexity index is 737. The number of rotatable bonds is 5. The van der Waals surface area contributed by atoms with Crippen molar-refractivity contribution in [2.45, 2.75) is 31.5 Å². The van der Waals surface area contributed by atoms with Gasteiger partial charge in [0.05, 0.1) is 18.8 Å². The van der Waals surface area contributed by atoms with Gasteiger partial charge >= 0.3 is 11.7 Å². The predicted octanol–water partition coefficient (Wildman–Crippen LogP) is -2.28. The molecule has 10 heteroatoms. The van der Waals surface area contributed by atoms with Crippen LogP contribution in [-0.2, 0) is 14.3 Å². The number of nitrogens with zero attached hydrogens (tertiary/aromatic N) is 1. The quantitative estimate of drug-likeness (QED) is 0.345. The summed E-state index contributed by atoms with van der Waals surface area (Å²) in [4.78, 5) is 37.0. The molecule has 132 valence electrons. The van der Waals surface area contributed by atoms with Crippen molar-refractivity contribution in [2.75, 3.05) is 13.2 Å². The van der Waals surface area contributed by atoms with Gasteiger partial charge in [-0.15, -0.1) is 0 Å². The number of esters is 1. The molecule has 1 aliphatic heterocycles. The van der Waals surface area contributed by atoms with Crippen LogP contribution in [0.4, 0.5) is 0 Å². The molecule has 1 saturated heterocycles. The molecule has 2 rings (SSSR count). The maximum Gasteiger partial charge on any atom is 0.330 e. The molecule has 1 aliphatic rings. The van der Waals surface area contributed by atoms with Crippen LogP contribution >= 0.6 is 0 Å². The van der Waals surface area contributed by atoms with Crippen LogP contribution in [0.25, 0.3) is 6.08 Å². The third kappa shape index (κ3) is 3.62. The lowest BCUT2D eigenvalue weighted by Gasteiger charge is -2.17. The second-order valence-electron chi connectivity index (χ2n) is 5.07. The topological polar surface area (TPSA) is 151 Å². The summed E-state index contributed by atoms with van der Waals surface area (Å²) in [6.07, 6.45) is -1.99. The number of nitrogens with one attached hydrogen (secondary N) is 1. The summed E-state index contributed by atoms with van der Waals surface area (Å²) < 4.78 is 10.8. The first-order valence-corrected chi connectivity index (χ1v) is 7.21. The Labute approximate surface area is 135 Å². The van der Waals surface area contributed by atoms with Gasteiger partial charge in [-0.05, 0) is 13.0 Å². The Hall–Kier alpha value is -2.27. The lowest BCUT2D eigenvalue weighted by Crippen LogP contribution is -2.38. The highest BCUT2D eigenvalue weighted by molar-refractivity contribution is 5.86. The summed E-state index contributed by atoms with van der Waals surface area (Å²) in [7, 11) is 0. The van der Waals surface area contributed by atoms with Gasteiger partial charge in [0.25, 0.3) is 5.56 Å². The van der Waals surface area contributed by atoms with Crippen LogP contribution in [0.3, 0.4) is 0 Å². The van der Waals surface area contributed by atoms with Gasteiger partial charge in [-0.25, -0.2) is 9.59 Å². The van der Waals surface area contributed by atoms with Crippen LogP contribution in [0, 0.1) is 0 Å². The molecule has 0 spiro atoms. The first-order chi connectivity index (χ1) is 11.4. The standard InChI is InChI=1S/C14H18N2O8/c1-2-23-9(18)4-3-7-5-16(14(22)15-12(7)21)13-11(20)10(19)8(6-17)24-13/h3-5,8,10-11,13,17,19-20H,2,6H2,1H3,(H,15,21,22)/b4-3+/t8-,10-,11+,13-/m1/s1. The van der Waals surface area contributed by atoms with Crippen molar-refractivity contribution in [3.05, 3.63) is 38.7 Å². The molecule has 4 N–H and O–H groups in total. The van der Waals surface area contributed by atoms with Crippen LogP contribution in [0.1, 0.15) is 18.7 Å². The van der Waals surface area contributed by atoms with Crippen LogP contribution in [0.15, 0.2) is 21.9 Å². The second-order valence-corrected chi connectivity index (χ2v) is 5.07. The monoisotopic (exact) mass is 342 g/mol. The summed E-state index contributed by atoms with van der Waals surface area (Å²) in [5.74, 6) is -0.664. The maximum atomic E-state index is 11.9. The molecule has 1 aromatic heterocycles. The molecule has 0 amide bonds. The van der Waals surface area contributed by atoms with Crippen LogP contribution in [-0.4, -0.2) is 62.4 Å². The van der Waals surface area contributed by atoms with E-state index in [1.54, 1.807) is 6.92 Å². The van der Waals surface area contributed by atoms with Gasteiger partial charge in [-0.3, -0.25) is 14.3 Å². The second kappa shape index (κ2) is 7.53. The van der Waals surface area contributed by atoms with Gasteiger partial charge in [0.1, 0.15) is 18.3 Å². The van der Waals surface area contributed by atoms with Crippen LogP contribution in [0.2, 0.25) is 0 Å². The highest BCUT2D eigenvalue weighted by Crippen LogP contribution is 2.27. The fraction of sp³-hybridized carbons (Fsp3) is 0.500. The van der Waals surface area contributed by atoms with E-state index >= 15 is 0 Å². The highest BCUT2D eigenvalue weighted by atomic mass is 16.6. The highest BCUT2D eigenvalue weighted by Gasteiger charge is 2.43. The Kier molecular flexibility index (Phi) is 5.67. The number of ether oxygens (including phenoxy) is 2. The normalized spacial score (nSPS) is 26.8. The zero-order chi connectivity index (χ0) is 17.9. The number of H-pyrrole nitrogens is 1. The molecule has 0 bridgehead atoms. The van der Waals surface area contributed by atoms with E-state index < -0.39 is 48.4 Å². The zero-order valence-corrected chi connectivity index (χ0v) is 12.8. The zero-order valence-electron chi connectivity index (χ0n) is 12.8. The van der Waals surface area contributed by atoms with Crippen molar-refractivity contribution in [3.63, 3.8) is 0 Å². The molecule has 1 fully saturated rings. The smallest absolute Gasteiger partial charge is 0.330 e. The van der Waals surface area contributed by atoms with Crippen molar-refractivity contribution in [3.8, 4) is 0 Å². The Morgan fingerprint density at radius 2 is 2.12 bits per heavy atom. The number of aromatic amines is 1. The summed E-state index contributed by atoms with van der Waals surface area (Å²) in [6, 6.07) is 0. The van der Waals surface area contributed by atoms with Gasteiger partial charge < -0.3 is 24.8 Å². The SMILES string of the molecule is CCOC(=O)/C=C/c1cn([C@@H]2O[C@H](CO)[C@@H](O)[C@@H]2O)c(=O)[nH]c1=O. The number of aliphatic hydroxyl groups excluding tert-OH is 3. The van der Waals surface area contributed by atoms with Crippen molar-refractivity contribution in [1.29, 1.82) is 0 Å². The molecule has 10 nitrogen and oxygen atoms in total. The number of aromatic nitrogens is 2. The molecule has 0 saturated carbocycles. The molecular formula is C14H18N2O8. The van der Waals surface area contributed by atoms with E-state index in [9.17, 15) is 24.6 Å². The maximum absolute atomic E-state index is 11.9. The average molecular weight is 342 g/mol. The van der Waals surface area contributed by atoms with Crippen molar-refractivity contribution < 1.29 is 29.6 Å². The summed E-state index contributed by atoms with van der Waals surface area (Å²) in [6.45, 7) is 1.24. The fourth-order valence-electron chi connectivity index (χ4n) is 2.27. The first-order valence-electron chi connectivity index (χ1n) is 7.21. The molecule has 0 unspecified atom stereocenters. The van der Waals surface area contributed by atoms with E-state index in [-0.39, 0.29) is 12.2 Å². The average Bonchev–Trinajstić information content (AvgIpc) is 2.82.